The topological polar surface area (TPSA) is 85.0 Å². The Morgan fingerprint density at radius 2 is 1.96 bits per heavy atom. The van der Waals surface area contributed by atoms with Crippen LogP contribution in [0.2, 0.25) is 0 Å². The Bertz CT molecular complexity index is 1050. The summed E-state index contributed by atoms with van der Waals surface area (Å²) in [6, 6.07) is 16.5. The van der Waals surface area contributed by atoms with Crippen molar-refractivity contribution in [2.75, 3.05) is 0 Å². The van der Waals surface area contributed by atoms with Gasteiger partial charge in [-0.25, -0.2) is 0 Å². The third kappa shape index (κ3) is 2.70. The van der Waals surface area contributed by atoms with E-state index in [1.54, 1.807) is 6.07 Å². The van der Waals surface area contributed by atoms with Gasteiger partial charge in [0.1, 0.15) is 0 Å². The molecule has 8 heteroatoms. The summed E-state index contributed by atoms with van der Waals surface area (Å²) < 4.78 is 5.95. The smallest absolute Gasteiger partial charge is 0.324 e. The Morgan fingerprint density at radius 3 is 2.69 bits per heavy atom. The van der Waals surface area contributed by atoms with Crippen molar-refractivity contribution in [2.45, 2.75) is 13.2 Å². The predicted molar refractivity (Wildman–Crippen MR) is 97.8 cm³/mol. The molecule has 2 heterocycles. The second-order valence-corrected chi connectivity index (χ2v) is 6.76. The Hall–Kier alpha value is -3.26. The minimum atomic E-state index is -0.713. The number of rotatable bonds is 3. The lowest BCUT2D eigenvalue weighted by atomic mass is 10.0. The standard InChI is InChI=1S/C18H13N3O4S/c1-11(22)20-18(14-8-4-6-12-5-2-3-7-13(12)14)25-17(19-20)15-9-10-16(26-15)21(23)24/h2-10,18H,1H3/t18-/m1/s1. The van der Waals surface area contributed by atoms with E-state index in [0.29, 0.717) is 4.88 Å². The zero-order valence-corrected chi connectivity index (χ0v) is 14.5. The van der Waals surface area contributed by atoms with Crippen LogP contribution in [0.5, 0.6) is 0 Å². The molecular weight excluding hydrogens is 354 g/mol. The van der Waals surface area contributed by atoms with Gasteiger partial charge in [0.25, 0.3) is 5.90 Å². The van der Waals surface area contributed by atoms with Crippen LogP contribution in [0.15, 0.2) is 59.7 Å². The van der Waals surface area contributed by atoms with Crippen molar-refractivity contribution < 1.29 is 14.5 Å². The molecule has 0 N–H and O–H groups in total. The first-order chi connectivity index (χ1) is 12.5. The monoisotopic (exact) mass is 367 g/mol. The minimum Gasteiger partial charge on any atom is -0.445 e. The van der Waals surface area contributed by atoms with Crippen LogP contribution in [-0.2, 0) is 9.53 Å². The molecule has 2 aromatic carbocycles. The van der Waals surface area contributed by atoms with Crippen LogP contribution in [0.3, 0.4) is 0 Å². The summed E-state index contributed by atoms with van der Waals surface area (Å²) in [4.78, 5) is 23.0. The third-order valence-corrected chi connectivity index (χ3v) is 5.06. The average Bonchev–Trinajstić information content (AvgIpc) is 3.28. The van der Waals surface area contributed by atoms with E-state index in [9.17, 15) is 14.9 Å². The highest BCUT2D eigenvalue weighted by molar-refractivity contribution is 7.17. The normalized spacial score (nSPS) is 16.4. The van der Waals surface area contributed by atoms with Crippen LogP contribution in [0.1, 0.15) is 23.6 Å². The molecule has 0 aliphatic carbocycles. The van der Waals surface area contributed by atoms with Crippen LogP contribution in [0, 0.1) is 10.1 Å². The van der Waals surface area contributed by atoms with E-state index >= 15 is 0 Å². The molecule has 7 nitrogen and oxygen atoms in total. The van der Waals surface area contributed by atoms with Gasteiger partial charge in [0.2, 0.25) is 12.1 Å². The van der Waals surface area contributed by atoms with Crippen LogP contribution in [0.4, 0.5) is 5.00 Å². The predicted octanol–water partition coefficient (Wildman–Crippen LogP) is 4.05. The number of carbonyl (C=O) groups is 1. The van der Waals surface area contributed by atoms with Gasteiger partial charge < -0.3 is 4.74 Å². The van der Waals surface area contributed by atoms with E-state index in [4.69, 9.17) is 4.74 Å². The number of ether oxygens (including phenoxy) is 1. The number of carbonyl (C=O) groups excluding carboxylic acids is 1. The quantitative estimate of drug-likeness (QED) is 0.516. The molecule has 0 radical (unpaired) electrons. The molecule has 0 saturated heterocycles. The Morgan fingerprint density at radius 1 is 1.19 bits per heavy atom. The maximum absolute atomic E-state index is 12.1. The van der Waals surface area contributed by atoms with Crippen molar-refractivity contribution >= 4 is 38.9 Å². The van der Waals surface area contributed by atoms with Crippen molar-refractivity contribution in [3.05, 3.63) is 75.2 Å². The number of hydrogen-bond donors (Lipinski definition) is 0. The summed E-state index contributed by atoms with van der Waals surface area (Å²) in [5.41, 5.74) is 0.808. The lowest BCUT2D eigenvalue weighted by Crippen LogP contribution is -2.25. The van der Waals surface area contributed by atoms with Gasteiger partial charge in [-0.1, -0.05) is 53.8 Å². The summed E-state index contributed by atoms with van der Waals surface area (Å²) >= 11 is 0.960. The molecule has 4 rings (SSSR count). The number of nitro groups is 1. The molecule has 1 aliphatic rings. The van der Waals surface area contributed by atoms with E-state index in [1.807, 2.05) is 42.5 Å². The largest absolute Gasteiger partial charge is 0.445 e. The molecule has 1 amide bonds. The number of amides is 1. The second-order valence-electron chi connectivity index (χ2n) is 5.70. The van der Waals surface area contributed by atoms with Gasteiger partial charge in [0.15, 0.2) is 0 Å². The molecule has 0 bridgehead atoms. The average molecular weight is 367 g/mol. The molecule has 0 spiro atoms. The molecule has 26 heavy (non-hydrogen) atoms. The number of nitrogens with zero attached hydrogens (tertiary/aromatic N) is 3. The summed E-state index contributed by atoms with van der Waals surface area (Å²) in [5, 5.41) is 18.4. The van der Waals surface area contributed by atoms with Crippen LogP contribution in [-0.4, -0.2) is 21.7 Å². The number of hydrogen-bond acceptors (Lipinski definition) is 6. The van der Waals surface area contributed by atoms with Crippen LogP contribution >= 0.6 is 11.3 Å². The van der Waals surface area contributed by atoms with Crippen LogP contribution in [0.25, 0.3) is 10.8 Å². The van der Waals surface area contributed by atoms with Crippen molar-refractivity contribution in [1.82, 2.24) is 5.01 Å². The highest BCUT2D eigenvalue weighted by Crippen LogP contribution is 2.36. The summed E-state index contributed by atoms with van der Waals surface area (Å²) in [6.45, 7) is 1.41. The highest BCUT2D eigenvalue weighted by atomic mass is 32.1. The Labute approximate surface area is 152 Å². The van der Waals surface area contributed by atoms with Gasteiger partial charge >= 0.3 is 5.00 Å². The van der Waals surface area contributed by atoms with E-state index < -0.39 is 11.2 Å². The Balaban J connectivity index is 1.75. The Kier molecular flexibility index (Phi) is 3.89. The maximum atomic E-state index is 12.1. The maximum Gasteiger partial charge on any atom is 0.324 e. The molecule has 0 saturated carbocycles. The number of hydrazone groups is 1. The summed E-state index contributed by atoms with van der Waals surface area (Å²) in [6.07, 6.45) is -0.713. The van der Waals surface area contributed by atoms with E-state index in [1.165, 1.54) is 18.0 Å². The lowest BCUT2D eigenvalue weighted by molar-refractivity contribution is -0.380. The molecule has 130 valence electrons. The molecule has 0 fully saturated rings. The first kappa shape index (κ1) is 16.2. The summed E-state index contributed by atoms with van der Waals surface area (Å²) in [5.74, 6) is -0.0692. The van der Waals surface area contributed by atoms with Crippen molar-refractivity contribution in [3.8, 4) is 0 Å². The molecule has 0 unspecified atom stereocenters. The fourth-order valence-corrected chi connectivity index (χ4v) is 3.62. The molecule has 1 aliphatic heterocycles. The first-order valence-corrected chi connectivity index (χ1v) is 8.63. The van der Waals surface area contributed by atoms with Gasteiger partial charge in [0.05, 0.1) is 9.80 Å². The fourth-order valence-electron chi connectivity index (χ4n) is 2.87. The SMILES string of the molecule is CC(=O)N1N=C(c2ccc([N+](=O)[O-])s2)O[C@@H]1c1cccc2ccccc12. The molecule has 1 atom stereocenters. The van der Waals surface area contributed by atoms with E-state index in [2.05, 4.69) is 5.10 Å². The second kappa shape index (κ2) is 6.23. The fraction of sp³-hybridized carbons (Fsp3) is 0.111. The van der Waals surface area contributed by atoms with Crippen LogP contribution < -0.4 is 0 Å². The van der Waals surface area contributed by atoms with Gasteiger partial charge in [-0.2, -0.15) is 5.01 Å². The highest BCUT2D eigenvalue weighted by Gasteiger charge is 2.35. The first-order valence-electron chi connectivity index (χ1n) is 7.82. The summed E-state index contributed by atoms with van der Waals surface area (Å²) in [7, 11) is 0. The van der Waals surface area contributed by atoms with E-state index in [-0.39, 0.29) is 16.8 Å². The third-order valence-electron chi connectivity index (χ3n) is 4.04. The van der Waals surface area contributed by atoms with Gasteiger partial charge in [0, 0.05) is 18.6 Å². The zero-order chi connectivity index (χ0) is 18.3. The van der Waals surface area contributed by atoms with Gasteiger partial charge in [-0.05, 0) is 16.8 Å². The van der Waals surface area contributed by atoms with Gasteiger partial charge in [-0.3, -0.25) is 14.9 Å². The minimum absolute atomic E-state index is 0.00529. The van der Waals surface area contributed by atoms with Crippen molar-refractivity contribution in [1.29, 1.82) is 0 Å². The molecular formula is C18H13N3O4S. The lowest BCUT2D eigenvalue weighted by Gasteiger charge is -2.20. The van der Waals surface area contributed by atoms with Crippen molar-refractivity contribution in [2.24, 2.45) is 5.10 Å². The molecule has 1 aromatic heterocycles. The van der Waals surface area contributed by atoms with E-state index in [0.717, 1.165) is 27.7 Å². The zero-order valence-electron chi connectivity index (χ0n) is 13.7. The number of thiophene rings is 1. The number of fused-ring (bicyclic) bond motifs is 1. The molecule has 3 aromatic rings. The number of benzene rings is 2. The van der Waals surface area contributed by atoms with Gasteiger partial charge in [-0.15, -0.1) is 5.10 Å². The van der Waals surface area contributed by atoms with Crippen molar-refractivity contribution in [3.63, 3.8) is 0 Å².